The van der Waals surface area contributed by atoms with Gasteiger partial charge in [0, 0.05) is 31.2 Å². The normalized spacial score (nSPS) is 12.5. The number of aliphatic hydroxyl groups excluding tert-OH is 1. The van der Waals surface area contributed by atoms with Crippen LogP contribution in [0.5, 0.6) is 0 Å². The van der Waals surface area contributed by atoms with Crippen LogP contribution in [0.15, 0.2) is 18.2 Å². The largest absolute Gasteiger partial charge is 0.396 e. The molecule has 1 heterocycles. The molecule has 1 amide bonds. The molecule has 2 rings (SSSR count). The van der Waals surface area contributed by atoms with Crippen LogP contribution in [0.1, 0.15) is 24.2 Å². The number of aromatic nitrogens is 2. The number of amides is 1. The first-order valence-electron chi connectivity index (χ1n) is 7.47. The predicted molar refractivity (Wildman–Crippen MR) is 91.2 cm³/mol. The van der Waals surface area contributed by atoms with Crippen LogP contribution >= 0.6 is 11.8 Å². The summed E-state index contributed by atoms with van der Waals surface area (Å²) < 4.78 is 0. The van der Waals surface area contributed by atoms with E-state index in [9.17, 15) is 4.79 Å². The van der Waals surface area contributed by atoms with Gasteiger partial charge in [0.1, 0.15) is 5.82 Å². The zero-order valence-corrected chi connectivity index (χ0v) is 13.9. The summed E-state index contributed by atoms with van der Waals surface area (Å²) in [5.41, 5.74) is 3.11. The summed E-state index contributed by atoms with van der Waals surface area (Å²) in [5, 5.41) is 12.0. The number of hydrogen-bond donors (Lipinski definition) is 3. The van der Waals surface area contributed by atoms with Gasteiger partial charge in [-0.25, -0.2) is 4.98 Å². The fourth-order valence-electron chi connectivity index (χ4n) is 2.43. The van der Waals surface area contributed by atoms with Crippen molar-refractivity contribution < 1.29 is 9.90 Å². The maximum atomic E-state index is 12.0. The van der Waals surface area contributed by atoms with Crippen molar-refractivity contribution in [2.24, 2.45) is 0 Å². The third-order valence-corrected chi connectivity index (χ3v) is 4.30. The van der Waals surface area contributed by atoms with Gasteiger partial charge in [-0.2, -0.15) is 11.8 Å². The monoisotopic (exact) mass is 321 g/mol. The van der Waals surface area contributed by atoms with Crippen molar-refractivity contribution in [2.75, 3.05) is 18.6 Å². The molecule has 0 saturated carbocycles. The van der Waals surface area contributed by atoms with Crippen molar-refractivity contribution >= 4 is 28.7 Å². The topological polar surface area (TPSA) is 78.0 Å². The fourth-order valence-corrected chi connectivity index (χ4v) is 3.08. The number of fused-ring (bicyclic) bond motifs is 1. The van der Waals surface area contributed by atoms with Crippen molar-refractivity contribution in [3.05, 3.63) is 29.6 Å². The fraction of sp³-hybridized carbons (Fsp3) is 0.500. The van der Waals surface area contributed by atoms with Crippen molar-refractivity contribution in [2.45, 2.75) is 32.2 Å². The standard InChI is InChI=1S/C16H23N3O2S/c1-11-4-3-5-13-16(11)19-14(18-13)6-7-15(21)17-12(8-9-20)10-22-2/h3-5,12,20H,6-10H2,1-2H3,(H,17,21)(H,18,19). The second kappa shape index (κ2) is 8.19. The number of rotatable bonds is 8. The maximum Gasteiger partial charge on any atom is 0.220 e. The molecule has 5 nitrogen and oxygen atoms in total. The van der Waals surface area contributed by atoms with E-state index < -0.39 is 0 Å². The number of para-hydroxylation sites is 1. The summed E-state index contributed by atoms with van der Waals surface area (Å²) in [7, 11) is 0. The minimum absolute atomic E-state index is 0.00433. The van der Waals surface area contributed by atoms with E-state index in [4.69, 9.17) is 5.11 Å². The van der Waals surface area contributed by atoms with Gasteiger partial charge in [0.05, 0.1) is 11.0 Å². The molecule has 2 aromatic rings. The molecule has 22 heavy (non-hydrogen) atoms. The van der Waals surface area contributed by atoms with E-state index in [1.807, 2.05) is 31.4 Å². The molecular weight excluding hydrogens is 298 g/mol. The highest BCUT2D eigenvalue weighted by Gasteiger charge is 2.12. The number of aryl methyl sites for hydroxylation is 2. The number of benzene rings is 1. The van der Waals surface area contributed by atoms with E-state index in [1.54, 1.807) is 11.8 Å². The van der Waals surface area contributed by atoms with E-state index >= 15 is 0 Å². The van der Waals surface area contributed by atoms with Crippen LogP contribution < -0.4 is 5.32 Å². The van der Waals surface area contributed by atoms with E-state index in [-0.39, 0.29) is 18.6 Å². The number of carbonyl (C=O) groups excluding carboxylic acids is 1. The minimum atomic E-state index is 0.00433. The van der Waals surface area contributed by atoms with Crippen molar-refractivity contribution in [1.82, 2.24) is 15.3 Å². The van der Waals surface area contributed by atoms with Gasteiger partial charge in [0.25, 0.3) is 0 Å². The molecule has 3 N–H and O–H groups in total. The average Bonchev–Trinajstić information content (AvgIpc) is 2.90. The first-order chi connectivity index (χ1) is 10.6. The quantitative estimate of drug-likeness (QED) is 0.695. The molecule has 120 valence electrons. The molecule has 0 fully saturated rings. The zero-order chi connectivity index (χ0) is 15.9. The van der Waals surface area contributed by atoms with Gasteiger partial charge >= 0.3 is 0 Å². The first-order valence-corrected chi connectivity index (χ1v) is 8.86. The lowest BCUT2D eigenvalue weighted by Gasteiger charge is -2.16. The summed E-state index contributed by atoms with van der Waals surface area (Å²) >= 11 is 1.67. The molecule has 0 aliphatic rings. The summed E-state index contributed by atoms with van der Waals surface area (Å²) in [6.45, 7) is 2.12. The number of nitrogens with one attached hydrogen (secondary N) is 2. The summed E-state index contributed by atoms with van der Waals surface area (Å²) in [6, 6.07) is 6.05. The summed E-state index contributed by atoms with van der Waals surface area (Å²) in [6.07, 6.45) is 3.57. The number of hydrogen-bond acceptors (Lipinski definition) is 4. The molecule has 1 unspecified atom stereocenters. The molecule has 1 aromatic carbocycles. The van der Waals surface area contributed by atoms with Crippen LogP contribution in [0.25, 0.3) is 11.0 Å². The van der Waals surface area contributed by atoms with Crippen molar-refractivity contribution in [3.8, 4) is 0 Å². The number of H-pyrrole nitrogens is 1. The number of aromatic amines is 1. The Labute approximate surface area is 134 Å². The Hall–Kier alpha value is -1.53. The number of imidazole rings is 1. The van der Waals surface area contributed by atoms with Crippen molar-refractivity contribution in [1.29, 1.82) is 0 Å². The van der Waals surface area contributed by atoms with Crippen LogP contribution in [-0.4, -0.2) is 45.6 Å². The Kier molecular flexibility index (Phi) is 6.27. The number of aliphatic hydroxyl groups is 1. The maximum absolute atomic E-state index is 12.0. The van der Waals surface area contributed by atoms with E-state index in [2.05, 4.69) is 15.3 Å². The van der Waals surface area contributed by atoms with E-state index in [0.29, 0.717) is 19.3 Å². The van der Waals surface area contributed by atoms with E-state index in [0.717, 1.165) is 28.2 Å². The second-order valence-corrected chi connectivity index (χ2v) is 6.30. The SMILES string of the molecule is CSCC(CCO)NC(=O)CCc1nc2c(C)cccc2[nH]1. The smallest absolute Gasteiger partial charge is 0.220 e. The number of thioether (sulfide) groups is 1. The molecule has 0 saturated heterocycles. The third kappa shape index (κ3) is 4.48. The Balaban J connectivity index is 1.90. The van der Waals surface area contributed by atoms with Gasteiger partial charge < -0.3 is 15.4 Å². The highest BCUT2D eigenvalue weighted by Crippen LogP contribution is 2.16. The molecule has 6 heteroatoms. The zero-order valence-electron chi connectivity index (χ0n) is 13.1. The van der Waals surface area contributed by atoms with Gasteiger partial charge in [0.15, 0.2) is 0 Å². The lowest BCUT2D eigenvalue weighted by molar-refractivity contribution is -0.121. The Morgan fingerprint density at radius 3 is 3.00 bits per heavy atom. The number of carbonyl (C=O) groups is 1. The van der Waals surface area contributed by atoms with Gasteiger partial charge in [-0.3, -0.25) is 4.79 Å². The van der Waals surface area contributed by atoms with Gasteiger partial charge in [-0.15, -0.1) is 0 Å². The van der Waals surface area contributed by atoms with Gasteiger partial charge in [-0.05, 0) is 31.2 Å². The van der Waals surface area contributed by atoms with Gasteiger partial charge in [0.2, 0.25) is 5.91 Å². The van der Waals surface area contributed by atoms with Crippen LogP contribution in [0, 0.1) is 6.92 Å². The third-order valence-electron chi connectivity index (χ3n) is 3.56. The Bertz CT molecular complexity index is 621. The summed E-state index contributed by atoms with van der Waals surface area (Å²) in [4.78, 5) is 19.8. The Morgan fingerprint density at radius 2 is 2.32 bits per heavy atom. The molecule has 0 aliphatic heterocycles. The highest BCUT2D eigenvalue weighted by atomic mass is 32.2. The highest BCUT2D eigenvalue weighted by molar-refractivity contribution is 7.98. The minimum Gasteiger partial charge on any atom is -0.396 e. The van der Waals surface area contributed by atoms with Gasteiger partial charge in [-0.1, -0.05) is 12.1 Å². The molecule has 0 radical (unpaired) electrons. The van der Waals surface area contributed by atoms with Crippen molar-refractivity contribution in [3.63, 3.8) is 0 Å². The molecule has 1 atom stereocenters. The van der Waals surface area contributed by atoms with Crippen LogP contribution in [0.4, 0.5) is 0 Å². The van der Waals surface area contributed by atoms with Crippen LogP contribution in [-0.2, 0) is 11.2 Å². The summed E-state index contributed by atoms with van der Waals surface area (Å²) in [5.74, 6) is 1.66. The average molecular weight is 321 g/mol. The predicted octanol–water partition coefficient (Wildman–Crippen LogP) is 2.03. The van der Waals surface area contributed by atoms with E-state index in [1.165, 1.54) is 0 Å². The first kappa shape index (κ1) is 16.8. The Morgan fingerprint density at radius 1 is 1.50 bits per heavy atom. The second-order valence-electron chi connectivity index (χ2n) is 5.39. The molecule has 1 aromatic heterocycles. The molecule has 0 spiro atoms. The molecular formula is C16H23N3O2S. The van der Waals surface area contributed by atoms with Crippen LogP contribution in [0.2, 0.25) is 0 Å². The molecule has 0 bridgehead atoms. The number of nitrogens with zero attached hydrogens (tertiary/aromatic N) is 1. The lowest BCUT2D eigenvalue weighted by Crippen LogP contribution is -2.37. The lowest BCUT2D eigenvalue weighted by atomic mass is 10.2. The molecule has 0 aliphatic carbocycles. The van der Waals surface area contributed by atoms with Crippen LogP contribution in [0.3, 0.4) is 0 Å².